The van der Waals surface area contributed by atoms with E-state index in [1.54, 1.807) is 6.07 Å². The standard InChI is InChI=1S/C14H18N2O4/c15-10-1-2-11(16-12(10)13(17)18)9-3-5-14(6-4-9)19-7-8-20-14/h1-2,9H,3-8,15H2,(H,17,18). The van der Waals surface area contributed by atoms with Crippen molar-refractivity contribution in [2.75, 3.05) is 18.9 Å². The number of hydrogen-bond acceptors (Lipinski definition) is 5. The first kappa shape index (κ1) is 13.3. The van der Waals surface area contributed by atoms with Crippen LogP contribution in [0.25, 0.3) is 0 Å². The Balaban J connectivity index is 1.75. The molecular weight excluding hydrogens is 260 g/mol. The molecule has 20 heavy (non-hydrogen) atoms. The van der Waals surface area contributed by atoms with E-state index in [9.17, 15) is 4.79 Å². The van der Waals surface area contributed by atoms with Crippen molar-refractivity contribution in [3.05, 3.63) is 23.5 Å². The van der Waals surface area contributed by atoms with E-state index in [2.05, 4.69) is 4.98 Å². The van der Waals surface area contributed by atoms with Crippen LogP contribution in [0.5, 0.6) is 0 Å². The molecule has 1 aromatic rings. The molecule has 2 fully saturated rings. The second kappa shape index (κ2) is 5.03. The number of carboxylic acids is 1. The lowest BCUT2D eigenvalue weighted by Crippen LogP contribution is -2.34. The fraction of sp³-hybridized carbons (Fsp3) is 0.571. The predicted octanol–water partition coefficient (Wildman–Crippen LogP) is 1.76. The molecule has 6 heteroatoms. The van der Waals surface area contributed by atoms with Gasteiger partial charge in [-0.25, -0.2) is 9.78 Å². The van der Waals surface area contributed by atoms with Gasteiger partial charge in [0.05, 0.1) is 18.9 Å². The molecule has 0 atom stereocenters. The topological polar surface area (TPSA) is 94.7 Å². The van der Waals surface area contributed by atoms with Crippen molar-refractivity contribution >= 4 is 11.7 Å². The molecule has 1 saturated carbocycles. The number of aromatic carboxylic acids is 1. The summed E-state index contributed by atoms with van der Waals surface area (Å²) in [6.07, 6.45) is 3.42. The molecule has 0 unspecified atom stereocenters. The molecule has 2 aliphatic rings. The largest absolute Gasteiger partial charge is 0.476 e. The van der Waals surface area contributed by atoms with Gasteiger partial charge in [-0.15, -0.1) is 0 Å². The molecule has 0 bridgehead atoms. The van der Waals surface area contributed by atoms with E-state index < -0.39 is 11.8 Å². The van der Waals surface area contributed by atoms with Crippen LogP contribution in [0.1, 0.15) is 47.8 Å². The SMILES string of the molecule is Nc1ccc(C2CCC3(CC2)OCCO3)nc1C(=O)O. The fourth-order valence-corrected chi connectivity index (χ4v) is 3.02. The van der Waals surface area contributed by atoms with E-state index in [4.69, 9.17) is 20.3 Å². The molecular formula is C14H18N2O4. The zero-order valence-corrected chi connectivity index (χ0v) is 11.2. The van der Waals surface area contributed by atoms with Crippen LogP contribution >= 0.6 is 0 Å². The number of nitrogens with two attached hydrogens (primary N) is 1. The van der Waals surface area contributed by atoms with E-state index in [0.29, 0.717) is 13.2 Å². The van der Waals surface area contributed by atoms with E-state index >= 15 is 0 Å². The average Bonchev–Trinajstić information content (AvgIpc) is 2.88. The van der Waals surface area contributed by atoms with Crippen LogP contribution in [0.2, 0.25) is 0 Å². The summed E-state index contributed by atoms with van der Waals surface area (Å²) >= 11 is 0. The summed E-state index contributed by atoms with van der Waals surface area (Å²) in [5.74, 6) is -1.24. The van der Waals surface area contributed by atoms with Crippen molar-refractivity contribution in [1.29, 1.82) is 0 Å². The number of aromatic nitrogens is 1. The summed E-state index contributed by atoms with van der Waals surface area (Å²) in [4.78, 5) is 15.3. The van der Waals surface area contributed by atoms with Crippen molar-refractivity contribution in [3.8, 4) is 0 Å². The molecule has 1 aliphatic heterocycles. The first-order valence-electron chi connectivity index (χ1n) is 6.87. The quantitative estimate of drug-likeness (QED) is 0.856. The van der Waals surface area contributed by atoms with Crippen LogP contribution in [0.3, 0.4) is 0 Å². The number of pyridine rings is 1. The Bertz CT molecular complexity index is 516. The molecule has 0 aromatic carbocycles. The lowest BCUT2D eigenvalue weighted by Gasteiger charge is -2.35. The summed E-state index contributed by atoms with van der Waals surface area (Å²) in [5.41, 5.74) is 6.57. The highest BCUT2D eigenvalue weighted by molar-refractivity contribution is 5.91. The fourth-order valence-electron chi connectivity index (χ4n) is 3.02. The Hall–Kier alpha value is -1.66. The zero-order chi connectivity index (χ0) is 14.2. The third-order valence-corrected chi connectivity index (χ3v) is 4.13. The van der Waals surface area contributed by atoms with Gasteiger partial charge in [0.25, 0.3) is 0 Å². The molecule has 6 nitrogen and oxygen atoms in total. The minimum atomic E-state index is -1.08. The second-order valence-electron chi connectivity index (χ2n) is 5.36. The van der Waals surface area contributed by atoms with Crippen molar-refractivity contribution < 1.29 is 19.4 Å². The Labute approximate surface area is 116 Å². The maximum absolute atomic E-state index is 11.1. The summed E-state index contributed by atoms with van der Waals surface area (Å²) < 4.78 is 11.4. The van der Waals surface area contributed by atoms with Crippen molar-refractivity contribution in [1.82, 2.24) is 4.98 Å². The van der Waals surface area contributed by atoms with Crippen molar-refractivity contribution in [2.24, 2.45) is 0 Å². The van der Waals surface area contributed by atoms with Crippen molar-refractivity contribution in [3.63, 3.8) is 0 Å². The van der Waals surface area contributed by atoms with E-state index in [1.807, 2.05) is 6.07 Å². The van der Waals surface area contributed by atoms with Crippen LogP contribution < -0.4 is 5.73 Å². The Morgan fingerprint density at radius 1 is 1.30 bits per heavy atom. The van der Waals surface area contributed by atoms with Crippen LogP contribution in [-0.4, -0.2) is 35.1 Å². The minimum Gasteiger partial charge on any atom is -0.476 e. The third-order valence-electron chi connectivity index (χ3n) is 4.13. The molecule has 1 saturated heterocycles. The summed E-state index contributed by atoms with van der Waals surface area (Å²) in [7, 11) is 0. The van der Waals surface area contributed by atoms with E-state index in [-0.39, 0.29) is 17.3 Å². The Morgan fingerprint density at radius 2 is 1.95 bits per heavy atom. The number of hydrogen-bond donors (Lipinski definition) is 2. The highest BCUT2D eigenvalue weighted by Gasteiger charge is 2.40. The number of ether oxygens (including phenoxy) is 2. The average molecular weight is 278 g/mol. The molecule has 1 aromatic heterocycles. The first-order valence-corrected chi connectivity index (χ1v) is 6.87. The zero-order valence-electron chi connectivity index (χ0n) is 11.2. The highest BCUT2D eigenvalue weighted by Crippen LogP contribution is 2.41. The second-order valence-corrected chi connectivity index (χ2v) is 5.36. The van der Waals surface area contributed by atoms with Gasteiger partial charge in [0.1, 0.15) is 0 Å². The Kier molecular flexibility index (Phi) is 3.35. The molecule has 3 N–H and O–H groups in total. The van der Waals surface area contributed by atoms with Gasteiger partial charge in [0.2, 0.25) is 0 Å². The van der Waals surface area contributed by atoms with Gasteiger partial charge in [0, 0.05) is 24.5 Å². The van der Waals surface area contributed by atoms with Gasteiger partial charge in [0.15, 0.2) is 11.5 Å². The molecule has 2 heterocycles. The van der Waals surface area contributed by atoms with Crippen molar-refractivity contribution in [2.45, 2.75) is 37.4 Å². The molecule has 1 spiro atoms. The lowest BCUT2D eigenvalue weighted by atomic mass is 9.83. The van der Waals surface area contributed by atoms with Crippen LogP contribution in [0, 0.1) is 0 Å². The molecule has 0 radical (unpaired) electrons. The molecule has 1 aliphatic carbocycles. The van der Waals surface area contributed by atoms with E-state index in [1.165, 1.54) is 0 Å². The van der Waals surface area contributed by atoms with Gasteiger partial charge in [-0.2, -0.15) is 0 Å². The smallest absolute Gasteiger partial charge is 0.356 e. The predicted molar refractivity (Wildman–Crippen MR) is 71.5 cm³/mol. The van der Waals surface area contributed by atoms with Gasteiger partial charge in [-0.05, 0) is 25.0 Å². The summed E-state index contributed by atoms with van der Waals surface area (Å²) in [6.45, 7) is 1.32. The maximum atomic E-state index is 11.1. The molecule has 0 amide bonds. The normalized spacial score (nSPS) is 22.2. The molecule has 3 rings (SSSR count). The first-order chi connectivity index (χ1) is 9.60. The van der Waals surface area contributed by atoms with Crippen LogP contribution in [0.15, 0.2) is 12.1 Å². The van der Waals surface area contributed by atoms with Gasteiger partial charge < -0.3 is 20.3 Å². The monoisotopic (exact) mass is 278 g/mol. The summed E-state index contributed by atoms with van der Waals surface area (Å²) in [5, 5.41) is 9.07. The van der Waals surface area contributed by atoms with Gasteiger partial charge in [-0.1, -0.05) is 0 Å². The maximum Gasteiger partial charge on any atom is 0.356 e. The number of nitrogen functional groups attached to an aromatic ring is 1. The third kappa shape index (κ3) is 2.36. The minimum absolute atomic E-state index is 0.0591. The van der Waals surface area contributed by atoms with Crippen LogP contribution in [0.4, 0.5) is 5.69 Å². The number of anilines is 1. The number of carbonyl (C=O) groups is 1. The number of carboxylic acid groups (broad SMARTS) is 1. The molecule has 108 valence electrons. The number of rotatable bonds is 2. The van der Waals surface area contributed by atoms with E-state index in [0.717, 1.165) is 31.4 Å². The van der Waals surface area contributed by atoms with Gasteiger partial charge in [-0.3, -0.25) is 0 Å². The lowest BCUT2D eigenvalue weighted by molar-refractivity contribution is -0.178. The number of nitrogens with zero attached hydrogens (tertiary/aromatic N) is 1. The Morgan fingerprint density at radius 3 is 2.55 bits per heavy atom. The highest BCUT2D eigenvalue weighted by atomic mass is 16.7. The van der Waals surface area contributed by atoms with Crippen LogP contribution in [-0.2, 0) is 9.47 Å². The summed E-state index contributed by atoms with van der Waals surface area (Å²) in [6, 6.07) is 3.44. The van der Waals surface area contributed by atoms with Gasteiger partial charge >= 0.3 is 5.97 Å².